The molecule has 2 fully saturated rings. The van der Waals surface area contributed by atoms with Gasteiger partial charge in [-0.05, 0) is 19.4 Å². The van der Waals surface area contributed by atoms with E-state index >= 15 is 0 Å². The van der Waals surface area contributed by atoms with Gasteiger partial charge in [-0.15, -0.1) is 0 Å². The van der Waals surface area contributed by atoms with Crippen LogP contribution in [0.3, 0.4) is 0 Å². The maximum atomic E-state index is 12.8. The highest BCUT2D eigenvalue weighted by molar-refractivity contribution is 5.82. The second-order valence-corrected chi connectivity index (χ2v) is 5.78. The minimum atomic E-state index is -2.56. The number of carbonyl (C=O) groups is 1. The zero-order valence-corrected chi connectivity index (χ0v) is 12.4. The Morgan fingerprint density at radius 2 is 2.14 bits per heavy atom. The van der Waals surface area contributed by atoms with E-state index in [4.69, 9.17) is 0 Å². The fourth-order valence-corrected chi connectivity index (χ4v) is 3.09. The van der Waals surface area contributed by atoms with Crippen molar-refractivity contribution in [3.8, 4) is 0 Å². The molecule has 1 amide bonds. The van der Waals surface area contributed by atoms with Crippen molar-refractivity contribution in [1.29, 1.82) is 0 Å². The highest BCUT2D eigenvalue weighted by atomic mass is 19.3. The van der Waals surface area contributed by atoms with Crippen LogP contribution >= 0.6 is 0 Å². The molecule has 1 atom stereocenters. The molecule has 1 aromatic rings. The van der Waals surface area contributed by atoms with E-state index < -0.39 is 6.55 Å². The largest absolute Gasteiger partial charge is 0.339 e. The highest BCUT2D eigenvalue weighted by Crippen LogP contribution is 2.16. The maximum absolute atomic E-state index is 12.8. The topological polar surface area (TPSA) is 53.4 Å². The highest BCUT2D eigenvalue weighted by Gasteiger charge is 2.29. The standard InChI is InChI=1S/C14H21F2N5O/c15-14(16)21-5-4-18-12(21)10-19-6-8-20(9-7-19)13(22)11-2-1-3-17-11/h4-5,11,14,17H,1-3,6-10H2. The van der Waals surface area contributed by atoms with E-state index in [1.807, 2.05) is 4.90 Å². The molecule has 22 heavy (non-hydrogen) atoms. The number of piperazine rings is 1. The van der Waals surface area contributed by atoms with Crippen LogP contribution in [0, 0.1) is 0 Å². The van der Waals surface area contributed by atoms with Gasteiger partial charge in [0, 0.05) is 38.6 Å². The number of rotatable bonds is 4. The Kier molecular flexibility index (Phi) is 4.68. The lowest BCUT2D eigenvalue weighted by molar-refractivity contribution is -0.134. The summed E-state index contributed by atoms with van der Waals surface area (Å²) in [6, 6.07) is -0.0377. The molecule has 3 heterocycles. The summed E-state index contributed by atoms with van der Waals surface area (Å²) in [6.07, 6.45) is 4.65. The number of imidazole rings is 1. The molecule has 0 bridgehead atoms. The summed E-state index contributed by atoms with van der Waals surface area (Å²) in [5, 5.41) is 3.22. The SMILES string of the molecule is O=C(C1CCCN1)N1CCN(Cc2nccn2C(F)F)CC1. The monoisotopic (exact) mass is 313 g/mol. The minimum absolute atomic E-state index is 0.0377. The van der Waals surface area contributed by atoms with Crippen LogP contribution in [0.15, 0.2) is 12.4 Å². The zero-order chi connectivity index (χ0) is 15.5. The van der Waals surface area contributed by atoms with E-state index in [0.29, 0.717) is 38.5 Å². The van der Waals surface area contributed by atoms with Crippen LogP contribution in [-0.2, 0) is 11.3 Å². The number of amides is 1. The molecule has 0 radical (unpaired) electrons. The van der Waals surface area contributed by atoms with E-state index in [0.717, 1.165) is 24.0 Å². The predicted octanol–water partition coefficient (Wildman–Crippen LogP) is 0.674. The quantitative estimate of drug-likeness (QED) is 0.888. The lowest BCUT2D eigenvalue weighted by Gasteiger charge is -2.35. The van der Waals surface area contributed by atoms with Crippen molar-refractivity contribution in [2.24, 2.45) is 0 Å². The first-order valence-corrected chi connectivity index (χ1v) is 7.69. The molecule has 8 heteroatoms. The summed E-state index contributed by atoms with van der Waals surface area (Å²) in [6.45, 7) is 1.41. The molecule has 1 aromatic heterocycles. The van der Waals surface area contributed by atoms with Gasteiger partial charge in [0.2, 0.25) is 5.91 Å². The number of nitrogens with one attached hydrogen (secondary N) is 1. The van der Waals surface area contributed by atoms with E-state index in [9.17, 15) is 13.6 Å². The lowest BCUT2D eigenvalue weighted by atomic mass is 10.2. The lowest BCUT2D eigenvalue weighted by Crippen LogP contribution is -2.52. The van der Waals surface area contributed by atoms with Gasteiger partial charge in [0.1, 0.15) is 5.82 Å². The van der Waals surface area contributed by atoms with Gasteiger partial charge in [-0.3, -0.25) is 14.3 Å². The summed E-state index contributed by atoms with van der Waals surface area (Å²) in [5.74, 6) is 0.540. The summed E-state index contributed by atoms with van der Waals surface area (Å²) < 4.78 is 26.5. The second-order valence-electron chi connectivity index (χ2n) is 5.78. The Labute approximate surface area is 128 Å². The van der Waals surface area contributed by atoms with Gasteiger partial charge >= 0.3 is 6.55 Å². The number of hydrogen-bond acceptors (Lipinski definition) is 4. The van der Waals surface area contributed by atoms with Gasteiger partial charge in [0.05, 0.1) is 12.6 Å². The van der Waals surface area contributed by atoms with Gasteiger partial charge in [-0.25, -0.2) is 4.98 Å². The molecule has 2 aliphatic heterocycles. The Hall–Kier alpha value is -1.54. The van der Waals surface area contributed by atoms with E-state index in [2.05, 4.69) is 15.2 Å². The Morgan fingerprint density at radius 1 is 1.36 bits per heavy atom. The van der Waals surface area contributed by atoms with Crippen molar-refractivity contribution in [3.63, 3.8) is 0 Å². The summed E-state index contributed by atoms with van der Waals surface area (Å²) in [4.78, 5) is 20.2. The number of nitrogens with zero attached hydrogens (tertiary/aromatic N) is 4. The van der Waals surface area contributed by atoms with Gasteiger partial charge in [-0.2, -0.15) is 8.78 Å². The molecule has 2 saturated heterocycles. The zero-order valence-electron chi connectivity index (χ0n) is 12.4. The first-order chi connectivity index (χ1) is 10.6. The third-order valence-electron chi connectivity index (χ3n) is 4.37. The van der Waals surface area contributed by atoms with Crippen molar-refractivity contribution in [2.45, 2.75) is 32.0 Å². The molecule has 1 N–H and O–H groups in total. The van der Waals surface area contributed by atoms with E-state index in [1.54, 1.807) is 0 Å². The number of aromatic nitrogens is 2. The molecule has 122 valence electrons. The molecule has 3 rings (SSSR count). The van der Waals surface area contributed by atoms with Gasteiger partial charge < -0.3 is 10.2 Å². The molecule has 0 saturated carbocycles. The number of hydrogen-bond donors (Lipinski definition) is 1. The minimum Gasteiger partial charge on any atom is -0.339 e. The summed E-state index contributed by atoms with van der Waals surface area (Å²) >= 11 is 0. The normalized spacial score (nSPS) is 23.4. The van der Waals surface area contributed by atoms with Crippen LogP contribution in [-0.4, -0.2) is 64.0 Å². The summed E-state index contributed by atoms with van der Waals surface area (Å²) in [7, 11) is 0. The Balaban J connectivity index is 1.51. The third-order valence-corrected chi connectivity index (χ3v) is 4.37. The number of alkyl halides is 2. The van der Waals surface area contributed by atoms with E-state index in [1.165, 1.54) is 12.4 Å². The molecular formula is C14H21F2N5O. The third kappa shape index (κ3) is 3.27. The van der Waals surface area contributed by atoms with Gasteiger partial charge in [-0.1, -0.05) is 0 Å². The summed E-state index contributed by atoms with van der Waals surface area (Å²) in [5.41, 5.74) is 0. The average Bonchev–Trinajstić information content (AvgIpc) is 3.18. The first kappa shape index (κ1) is 15.4. The predicted molar refractivity (Wildman–Crippen MR) is 76.4 cm³/mol. The van der Waals surface area contributed by atoms with Crippen LogP contribution in [0.25, 0.3) is 0 Å². The van der Waals surface area contributed by atoms with Gasteiger partial charge in [0.15, 0.2) is 0 Å². The van der Waals surface area contributed by atoms with Crippen molar-refractivity contribution >= 4 is 5.91 Å². The maximum Gasteiger partial charge on any atom is 0.319 e. The fourth-order valence-electron chi connectivity index (χ4n) is 3.09. The molecule has 0 aromatic carbocycles. The molecule has 0 spiro atoms. The molecular weight excluding hydrogens is 292 g/mol. The smallest absolute Gasteiger partial charge is 0.319 e. The Bertz CT molecular complexity index is 507. The van der Waals surface area contributed by atoms with Crippen molar-refractivity contribution in [1.82, 2.24) is 24.7 Å². The van der Waals surface area contributed by atoms with Crippen LogP contribution < -0.4 is 5.32 Å². The van der Waals surface area contributed by atoms with Crippen LogP contribution in [0.1, 0.15) is 25.2 Å². The molecule has 6 nitrogen and oxygen atoms in total. The average molecular weight is 313 g/mol. The van der Waals surface area contributed by atoms with Crippen molar-refractivity contribution < 1.29 is 13.6 Å². The number of halogens is 2. The molecule has 1 unspecified atom stereocenters. The second kappa shape index (κ2) is 6.70. The van der Waals surface area contributed by atoms with E-state index in [-0.39, 0.29) is 11.9 Å². The van der Waals surface area contributed by atoms with Crippen LogP contribution in [0.2, 0.25) is 0 Å². The molecule has 2 aliphatic rings. The molecule has 0 aliphatic carbocycles. The van der Waals surface area contributed by atoms with Crippen molar-refractivity contribution in [3.05, 3.63) is 18.2 Å². The number of carbonyl (C=O) groups excluding carboxylic acids is 1. The first-order valence-electron chi connectivity index (χ1n) is 7.69. The van der Waals surface area contributed by atoms with Crippen LogP contribution in [0.4, 0.5) is 8.78 Å². The fraction of sp³-hybridized carbons (Fsp3) is 0.714. The van der Waals surface area contributed by atoms with Crippen LogP contribution in [0.5, 0.6) is 0 Å². The van der Waals surface area contributed by atoms with Gasteiger partial charge in [0.25, 0.3) is 0 Å². The Morgan fingerprint density at radius 3 is 2.77 bits per heavy atom. The van der Waals surface area contributed by atoms with Crippen molar-refractivity contribution in [2.75, 3.05) is 32.7 Å².